The zero-order chi connectivity index (χ0) is 13.8. The average Bonchev–Trinajstić information content (AvgIpc) is 2.96. The van der Waals surface area contributed by atoms with Crippen LogP contribution in [0.5, 0.6) is 0 Å². The maximum atomic E-state index is 5.96. The Labute approximate surface area is 126 Å². The molecule has 0 amide bonds. The normalized spacial score (nSPS) is 27.6. The largest absolute Gasteiger partial charge is 0.382 e. The third-order valence-corrected chi connectivity index (χ3v) is 5.95. The van der Waals surface area contributed by atoms with E-state index in [-0.39, 0.29) is 0 Å². The van der Waals surface area contributed by atoms with Gasteiger partial charge in [0.15, 0.2) is 0 Å². The van der Waals surface area contributed by atoms with Crippen molar-refractivity contribution in [3.63, 3.8) is 0 Å². The lowest BCUT2D eigenvalue weighted by Gasteiger charge is -2.27. The van der Waals surface area contributed by atoms with Gasteiger partial charge >= 0.3 is 0 Å². The van der Waals surface area contributed by atoms with E-state index in [0.717, 1.165) is 18.1 Å². The van der Waals surface area contributed by atoms with Gasteiger partial charge in [-0.05, 0) is 62.8 Å². The summed E-state index contributed by atoms with van der Waals surface area (Å²) in [5.74, 6) is 0. The van der Waals surface area contributed by atoms with Gasteiger partial charge in [-0.15, -0.1) is 11.8 Å². The summed E-state index contributed by atoms with van der Waals surface area (Å²) in [6, 6.07) is 10.1. The van der Waals surface area contributed by atoms with Crippen LogP contribution >= 0.6 is 11.8 Å². The molecular weight excluding hydrogens is 264 g/mol. The first kappa shape index (κ1) is 14.3. The standard InChI is InChI=1S/C17H26N2S/c18-13-5-7-14(8-6-13)19-15-9-11-17(12-10-15)20-16-3-1-2-4-16/h9-14,16,19H,1-8,18H2. The first-order valence-electron chi connectivity index (χ1n) is 8.08. The van der Waals surface area contributed by atoms with E-state index in [9.17, 15) is 0 Å². The minimum atomic E-state index is 0.429. The van der Waals surface area contributed by atoms with E-state index in [2.05, 4.69) is 41.3 Å². The second kappa shape index (κ2) is 6.86. The van der Waals surface area contributed by atoms with E-state index in [0.29, 0.717) is 12.1 Å². The molecule has 2 fully saturated rings. The van der Waals surface area contributed by atoms with Gasteiger partial charge in [0.25, 0.3) is 0 Å². The molecule has 0 heterocycles. The molecule has 3 rings (SSSR count). The highest BCUT2D eigenvalue weighted by Crippen LogP contribution is 2.35. The monoisotopic (exact) mass is 290 g/mol. The molecule has 0 radical (unpaired) electrons. The fraction of sp³-hybridized carbons (Fsp3) is 0.647. The third kappa shape index (κ3) is 3.92. The molecule has 3 heteroatoms. The molecule has 2 aliphatic rings. The van der Waals surface area contributed by atoms with E-state index in [1.165, 1.54) is 49.1 Å². The predicted octanol–water partition coefficient (Wildman–Crippen LogP) is 4.40. The fourth-order valence-electron chi connectivity index (χ4n) is 3.33. The number of hydrogen-bond donors (Lipinski definition) is 2. The van der Waals surface area contributed by atoms with Crippen LogP contribution in [0.2, 0.25) is 0 Å². The molecule has 0 aromatic heterocycles. The van der Waals surface area contributed by atoms with Crippen LogP contribution in [-0.2, 0) is 0 Å². The summed E-state index contributed by atoms with van der Waals surface area (Å²) >= 11 is 2.06. The smallest absolute Gasteiger partial charge is 0.0343 e. The molecule has 110 valence electrons. The second-order valence-electron chi connectivity index (χ2n) is 6.30. The van der Waals surface area contributed by atoms with Gasteiger partial charge in [-0.3, -0.25) is 0 Å². The topological polar surface area (TPSA) is 38.0 Å². The number of hydrogen-bond acceptors (Lipinski definition) is 3. The van der Waals surface area contributed by atoms with Gasteiger partial charge in [-0.2, -0.15) is 0 Å². The van der Waals surface area contributed by atoms with Gasteiger partial charge in [0.2, 0.25) is 0 Å². The molecule has 20 heavy (non-hydrogen) atoms. The highest BCUT2D eigenvalue weighted by molar-refractivity contribution is 8.00. The van der Waals surface area contributed by atoms with Gasteiger partial charge < -0.3 is 11.1 Å². The molecule has 0 atom stereocenters. The van der Waals surface area contributed by atoms with Crippen LogP contribution in [0.25, 0.3) is 0 Å². The predicted molar refractivity (Wildman–Crippen MR) is 88.4 cm³/mol. The highest BCUT2D eigenvalue weighted by atomic mass is 32.2. The molecule has 2 saturated carbocycles. The van der Waals surface area contributed by atoms with Crippen LogP contribution in [0.3, 0.4) is 0 Å². The van der Waals surface area contributed by atoms with Crippen LogP contribution in [0.1, 0.15) is 51.4 Å². The molecule has 1 aromatic rings. The number of nitrogens with one attached hydrogen (secondary N) is 1. The van der Waals surface area contributed by atoms with E-state index in [1.54, 1.807) is 0 Å². The number of thioether (sulfide) groups is 1. The van der Waals surface area contributed by atoms with Gasteiger partial charge in [0.1, 0.15) is 0 Å². The van der Waals surface area contributed by atoms with Crippen LogP contribution in [0.4, 0.5) is 5.69 Å². The summed E-state index contributed by atoms with van der Waals surface area (Å²) in [5, 5.41) is 4.51. The van der Waals surface area contributed by atoms with Gasteiger partial charge in [0.05, 0.1) is 0 Å². The summed E-state index contributed by atoms with van der Waals surface area (Å²) in [7, 11) is 0. The minimum Gasteiger partial charge on any atom is -0.382 e. The van der Waals surface area contributed by atoms with Crippen molar-refractivity contribution in [2.24, 2.45) is 5.73 Å². The number of rotatable bonds is 4. The first-order valence-corrected chi connectivity index (χ1v) is 8.96. The Morgan fingerprint density at radius 2 is 1.55 bits per heavy atom. The van der Waals surface area contributed by atoms with Crippen molar-refractivity contribution in [1.82, 2.24) is 0 Å². The Morgan fingerprint density at radius 3 is 2.20 bits per heavy atom. The molecule has 0 bridgehead atoms. The zero-order valence-corrected chi connectivity index (χ0v) is 13.0. The zero-order valence-electron chi connectivity index (χ0n) is 12.2. The van der Waals surface area contributed by atoms with Crippen molar-refractivity contribution in [3.8, 4) is 0 Å². The van der Waals surface area contributed by atoms with E-state index >= 15 is 0 Å². The van der Waals surface area contributed by atoms with Crippen molar-refractivity contribution in [3.05, 3.63) is 24.3 Å². The SMILES string of the molecule is NC1CCC(Nc2ccc(SC3CCCC3)cc2)CC1. The Bertz CT molecular complexity index is 404. The summed E-state index contributed by atoms with van der Waals surface area (Å²) in [4.78, 5) is 1.42. The molecule has 0 aliphatic heterocycles. The molecule has 2 nitrogen and oxygen atoms in total. The Kier molecular flexibility index (Phi) is 4.90. The summed E-state index contributed by atoms with van der Waals surface area (Å²) in [5.41, 5.74) is 7.22. The molecule has 0 saturated heterocycles. The maximum Gasteiger partial charge on any atom is 0.0343 e. The van der Waals surface area contributed by atoms with Crippen LogP contribution < -0.4 is 11.1 Å². The van der Waals surface area contributed by atoms with Crippen LogP contribution in [0.15, 0.2) is 29.2 Å². The Hall–Kier alpha value is -0.670. The third-order valence-electron chi connectivity index (χ3n) is 4.60. The van der Waals surface area contributed by atoms with Crippen molar-refractivity contribution >= 4 is 17.4 Å². The van der Waals surface area contributed by atoms with Gasteiger partial charge in [-0.1, -0.05) is 12.8 Å². The van der Waals surface area contributed by atoms with Gasteiger partial charge in [0, 0.05) is 27.9 Å². The van der Waals surface area contributed by atoms with Gasteiger partial charge in [-0.25, -0.2) is 0 Å². The molecule has 0 spiro atoms. The summed E-state index contributed by atoms with van der Waals surface area (Å²) in [6.07, 6.45) is 10.4. The quantitative estimate of drug-likeness (QED) is 0.863. The van der Waals surface area contributed by atoms with Crippen molar-refractivity contribution < 1.29 is 0 Å². The van der Waals surface area contributed by atoms with E-state index < -0.39 is 0 Å². The maximum absolute atomic E-state index is 5.96. The average molecular weight is 290 g/mol. The summed E-state index contributed by atoms with van der Waals surface area (Å²) < 4.78 is 0. The lowest BCUT2D eigenvalue weighted by molar-refractivity contribution is 0.411. The molecule has 2 aliphatic carbocycles. The Balaban J connectivity index is 1.50. The molecule has 0 unspecified atom stereocenters. The molecule has 3 N–H and O–H groups in total. The fourth-order valence-corrected chi connectivity index (χ4v) is 4.57. The van der Waals surface area contributed by atoms with Crippen molar-refractivity contribution in [2.75, 3.05) is 5.32 Å². The lowest BCUT2D eigenvalue weighted by Crippen LogP contribution is -2.32. The highest BCUT2D eigenvalue weighted by Gasteiger charge is 2.18. The second-order valence-corrected chi connectivity index (χ2v) is 7.68. The Morgan fingerprint density at radius 1 is 0.900 bits per heavy atom. The number of benzene rings is 1. The number of nitrogens with two attached hydrogens (primary N) is 1. The number of anilines is 1. The van der Waals surface area contributed by atoms with E-state index in [1.807, 2.05) is 0 Å². The lowest BCUT2D eigenvalue weighted by atomic mass is 9.92. The summed E-state index contributed by atoms with van der Waals surface area (Å²) in [6.45, 7) is 0. The first-order chi connectivity index (χ1) is 9.79. The molecule has 1 aromatic carbocycles. The van der Waals surface area contributed by atoms with Crippen LogP contribution in [0, 0.1) is 0 Å². The van der Waals surface area contributed by atoms with E-state index in [4.69, 9.17) is 5.73 Å². The van der Waals surface area contributed by atoms with Crippen molar-refractivity contribution in [1.29, 1.82) is 0 Å². The van der Waals surface area contributed by atoms with Crippen molar-refractivity contribution in [2.45, 2.75) is 73.6 Å². The molecular formula is C17H26N2S. The van der Waals surface area contributed by atoms with Crippen LogP contribution in [-0.4, -0.2) is 17.3 Å². The minimum absolute atomic E-state index is 0.429.